The molecule has 23 heavy (non-hydrogen) atoms. The molecule has 2 aliphatic rings. The van der Waals surface area contributed by atoms with Gasteiger partial charge in [-0.15, -0.1) is 0 Å². The summed E-state index contributed by atoms with van der Waals surface area (Å²) >= 11 is 1.56. The van der Waals surface area contributed by atoms with Crippen molar-refractivity contribution in [1.29, 1.82) is 0 Å². The summed E-state index contributed by atoms with van der Waals surface area (Å²) in [6.07, 6.45) is 2.11. The maximum atomic E-state index is 12.7. The van der Waals surface area contributed by atoms with Gasteiger partial charge in [0.15, 0.2) is 0 Å². The Labute approximate surface area is 138 Å². The van der Waals surface area contributed by atoms with Crippen LogP contribution in [0, 0.1) is 0 Å². The summed E-state index contributed by atoms with van der Waals surface area (Å²) in [6, 6.07) is 13.5. The number of hydrogen-bond acceptors (Lipinski definition) is 3. The largest absolute Gasteiger partial charge is 0.349 e. The van der Waals surface area contributed by atoms with Crippen molar-refractivity contribution < 1.29 is 9.59 Å². The Bertz CT molecular complexity index is 814. The molecule has 2 amide bonds. The Hall–Kier alpha value is -2.27. The van der Waals surface area contributed by atoms with Crippen LogP contribution in [0.15, 0.2) is 52.3 Å². The second-order valence-electron chi connectivity index (χ2n) is 5.89. The van der Waals surface area contributed by atoms with Gasteiger partial charge in [0.25, 0.3) is 11.8 Å². The number of nitrogens with one attached hydrogen (secondary N) is 1. The molecule has 0 aromatic heterocycles. The molecule has 0 radical (unpaired) electrons. The van der Waals surface area contributed by atoms with Crippen LogP contribution in [-0.2, 0) is 0 Å². The van der Waals surface area contributed by atoms with Crippen molar-refractivity contribution in [2.24, 2.45) is 0 Å². The molecule has 4 nitrogen and oxygen atoms in total. The van der Waals surface area contributed by atoms with Gasteiger partial charge in [0, 0.05) is 28.4 Å². The van der Waals surface area contributed by atoms with E-state index in [9.17, 15) is 9.59 Å². The molecule has 1 aliphatic heterocycles. The lowest BCUT2D eigenvalue weighted by atomic mass is 10.1. The highest BCUT2D eigenvalue weighted by atomic mass is 32.2. The van der Waals surface area contributed by atoms with Gasteiger partial charge >= 0.3 is 0 Å². The molecule has 0 bridgehead atoms. The topological polar surface area (TPSA) is 49.4 Å². The van der Waals surface area contributed by atoms with Crippen LogP contribution in [0.25, 0.3) is 0 Å². The van der Waals surface area contributed by atoms with Crippen molar-refractivity contribution in [3.05, 3.63) is 53.6 Å². The summed E-state index contributed by atoms with van der Waals surface area (Å²) in [5.74, 6) is -0.116. The van der Waals surface area contributed by atoms with Gasteiger partial charge in [-0.25, -0.2) is 0 Å². The highest BCUT2D eigenvalue weighted by molar-refractivity contribution is 7.99. The molecule has 5 heteroatoms. The average molecular weight is 324 g/mol. The highest BCUT2D eigenvalue weighted by Gasteiger charge is 2.27. The third-order valence-corrected chi connectivity index (χ3v) is 5.28. The zero-order chi connectivity index (χ0) is 16.0. The van der Waals surface area contributed by atoms with Crippen molar-refractivity contribution in [2.45, 2.75) is 28.7 Å². The molecule has 1 saturated carbocycles. The van der Waals surface area contributed by atoms with Gasteiger partial charge in [-0.05, 0) is 43.2 Å². The van der Waals surface area contributed by atoms with Crippen molar-refractivity contribution in [2.75, 3.05) is 11.9 Å². The Morgan fingerprint density at radius 3 is 2.74 bits per heavy atom. The number of amides is 2. The smallest absolute Gasteiger partial charge is 0.259 e. The molecular weight excluding hydrogens is 308 g/mol. The van der Waals surface area contributed by atoms with E-state index < -0.39 is 0 Å². The highest BCUT2D eigenvalue weighted by Crippen LogP contribution is 2.41. The molecule has 0 saturated heterocycles. The van der Waals surface area contributed by atoms with Crippen LogP contribution in [0.5, 0.6) is 0 Å². The standard InChI is InChI=1S/C18H16N2O2S/c1-20-14-10-11(17(21)19-12-7-8-12)6-9-16(14)23-15-5-3-2-4-13(15)18(20)22/h2-6,9-10,12H,7-8H2,1H3,(H,19,21). The fourth-order valence-corrected chi connectivity index (χ4v) is 3.73. The average Bonchev–Trinajstić information content (AvgIpc) is 3.38. The minimum absolute atomic E-state index is 0.0494. The molecule has 0 atom stereocenters. The molecule has 4 rings (SSSR count). The molecule has 2 aromatic rings. The van der Waals surface area contributed by atoms with E-state index in [1.54, 1.807) is 23.7 Å². The lowest BCUT2D eigenvalue weighted by Gasteiger charge is -2.18. The summed E-state index contributed by atoms with van der Waals surface area (Å²) < 4.78 is 0. The van der Waals surface area contributed by atoms with E-state index in [1.165, 1.54) is 0 Å². The van der Waals surface area contributed by atoms with Gasteiger partial charge in [0.2, 0.25) is 0 Å². The summed E-state index contributed by atoms with van der Waals surface area (Å²) in [5.41, 5.74) is 2.07. The van der Waals surface area contributed by atoms with Crippen molar-refractivity contribution >= 4 is 29.3 Å². The maximum absolute atomic E-state index is 12.7. The van der Waals surface area contributed by atoms with Gasteiger partial charge < -0.3 is 10.2 Å². The van der Waals surface area contributed by atoms with Gasteiger partial charge in [-0.1, -0.05) is 23.9 Å². The third kappa shape index (κ3) is 2.61. The number of hydrogen-bond donors (Lipinski definition) is 1. The van der Waals surface area contributed by atoms with Crippen LogP contribution >= 0.6 is 11.8 Å². The van der Waals surface area contributed by atoms with Crippen molar-refractivity contribution in [1.82, 2.24) is 5.32 Å². The van der Waals surface area contributed by atoms with E-state index in [4.69, 9.17) is 0 Å². The first-order chi connectivity index (χ1) is 11.1. The van der Waals surface area contributed by atoms with Crippen LogP contribution in [0.1, 0.15) is 33.6 Å². The number of carbonyl (C=O) groups excluding carboxylic acids is 2. The predicted octanol–water partition coefficient (Wildman–Crippen LogP) is 3.32. The summed E-state index contributed by atoms with van der Waals surface area (Å²) in [4.78, 5) is 28.5. The molecular formula is C18H16N2O2S. The van der Waals surface area contributed by atoms with E-state index in [1.807, 2.05) is 42.5 Å². The molecule has 1 fully saturated rings. The van der Waals surface area contributed by atoms with Crippen molar-refractivity contribution in [3.8, 4) is 0 Å². The normalized spacial score (nSPS) is 16.4. The van der Waals surface area contributed by atoms with E-state index in [0.29, 0.717) is 17.2 Å². The molecule has 1 aliphatic carbocycles. The first-order valence-corrected chi connectivity index (χ1v) is 8.45. The maximum Gasteiger partial charge on any atom is 0.259 e. The van der Waals surface area contributed by atoms with Crippen LogP contribution in [0.4, 0.5) is 5.69 Å². The first kappa shape index (κ1) is 14.3. The SMILES string of the molecule is CN1C(=O)c2ccccc2Sc2ccc(C(=O)NC3CC3)cc21. The van der Waals surface area contributed by atoms with E-state index in [2.05, 4.69) is 5.32 Å². The fraction of sp³-hybridized carbons (Fsp3) is 0.222. The molecule has 1 heterocycles. The second-order valence-corrected chi connectivity index (χ2v) is 6.98. The monoisotopic (exact) mass is 324 g/mol. The summed E-state index contributed by atoms with van der Waals surface area (Å²) in [5, 5.41) is 2.99. The first-order valence-electron chi connectivity index (χ1n) is 7.63. The Morgan fingerprint density at radius 1 is 1.17 bits per heavy atom. The number of fused-ring (bicyclic) bond motifs is 2. The minimum atomic E-state index is -0.0667. The molecule has 1 N–H and O–H groups in total. The fourth-order valence-electron chi connectivity index (χ4n) is 2.64. The zero-order valence-corrected chi connectivity index (χ0v) is 13.5. The van der Waals surface area contributed by atoms with Crippen LogP contribution in [0.2, 0.25) is 0 Å². The lowest BCUT2D eigenvalue weighted by Crippen LogP contribution is -2.28. The predicted molar refractivity (Wildman–Crippen MR) is 90.2 cm³/mol. The number of rotatable bonds is 2. The lowest BCUT2D eigenvalue weighted by molar-refractivity contribution is 0.0948. The molecule has 116 valence electrons. The van der Waals surface area contributed by atoms with E-state index in [0.717, 1.165) is 28.3 Å². The quantitative estimate of drug-likeness (QED) is 0.922. The summed E-state index contributed by atoms with van der Waals surface area (Å²) in [7, 11) is 1.76. The number of nitrogens with zero attached hydrogens (tertiary/aromatic N) is 1. The van der Waals surface area contributed by atoms with Gasteiger partial charge in [0.1, 0.15) is 0 Å². The van der Waals surface area contributed by atoms with Crippen molar-refractivity contribution in [3.63, 3.8) is 0 Å². The number of anilines is 1. The molecule has 0 spiro atoms. The third-order valence-electron chi connectivity index (χ3n) is 4.14. The number of carbonyl (C=O) groups is 2. The van der Waals surface area contributed by atoms with Crippen LogP contribution in [-0.4, -0.2) is 24.9 Å². The minimum Gasteiger partial charge on any atom is -0.349 e. The van der Waals surface area contributed by atoms with Gasteiger partial charge in [-0.3, -0.25) is 9.59 Å². The Balaban J connectivity index is 1.74. The number of benzene rings is 2. The molecule has 2 aromatic carbocycles. The van der Waals surface area contributed by atoms with Gasteiger partial charge in [0.05, 0.1) is 11.3 Å². The Morgan fingerprint density at radius 2 is 1.96 bits per heavy atom. The Kier molecular flexibility index (Phi) is 3.38. The van der Waals surface area contributed by atoms with E-state index in [-0.39, 0.29) is 11.8 Å². The van der Waals surface area contributed by atoms with E-state index >= 15 is 0 Å². The summed E-state index contributed by atoms with van der Waals surface area (Å²) in [6.45, 7) is 0. The molecule has 0 unspecified atom stereocenters. The van der Waals surface area contributed by atoms with Gasteiger partial charge in [-0.2, -0.15) is 0 Å². The second kappa shape index (κ2) is 5.42. The van der Waals surface area contributed by atoms with Crippen LogP contribution < -0.4 is 10.2 Å². The van der Waals surface area contributed by atoms with Crippen LogP contribution in [0.3, 0.4) is 0 Å². The zero-order valence-electron chi connectivity index (χ0n) is 12.7.